The minimum Gasteiger partial charge on any atom is -0.366 e. The van der Waals surface area contributed by atoms with Crippen molar-refractivity contribution >= 4 is 12.2 Å². The van der Waals surface area contributed by atoms with Crippen LogP contribution in [0.15, 0.2) is 5.10 Å². The Balaban J connectivity index is 2.37. The first-order valence-electron chi connectivity index (χ1n) is 4.87. The van der Waals surface area contributed by atoms with Gasteiger partial charge in [0.2, 0.25) is 0 Å². The summed E-state index contributed by atoms with van der Waals surface area (Å²) in [4.78, 5) is 0. The van der Waals surface area contributed by atoms with Gasteiger partial charge in [0, 0.05) is 5.56 Å². The van der Waals surface area contributed by atoms with E-state index in [4.69, 9.17) is 16.4 Å². The molecule has 0 radical (unpaired) electrons. The SMILES string of the molecule is Cc1c([C@H]2CO2)nnc(N(N)/C=N\N)c1C. The number of hydrazone groups is 1. The number of hydrogen-bond acceptors (Lipinski definition) is 6. The molecule has 7 nitrogen and oxygen atoms in total. The van der Waals surface area contributed by atoms with Gasteiger partial charge < -0.3 is 10.6 Å². The Bertz CT molecular complexity index is 428. The zero-order valence-corrected chi connectivity index (χ0v) is 9.21. The lowest BCUT2D eigenvalue weighted by Crippen LogP contribution is -2.32. The number of aromatic nitrogens is 2. The van der Waals surface area contributed by atoms with Gasteiger partial charge in [0.05, 0.1) is 12.3 Å². The van der Waals surface area contributed by atoms with Crippen molar-refractivity contribution in [3.63, 3.8) is 0 Å². The summed E-state index contributed by atoms with van der Waals surface area (Å²) in [6, 6.07) is 0. The predicted molar refractivity (Wildman–Crippen MR) is 59.5 cm³/mol. The largest absolute Gasteiger partial charge is 0.366 e. The molecule has 7 heteroatoms. The first kappa shape index (κ1) is 10.8. The Morgan fingerprint density at radius 2 is 2.12 bits per heavy atom. The number of epoxide rings is 1. The lowest BCUT2D eigenvalue weighted by Gasteiger charge is -2.15. The zero-order chi connectivity index (χ0) is 11.7. The number of ether oxygens (including phenoxy) is 1. The summed E-state index contributed by atoms with van der Waals surface area (Å²) in [5.41, 5.74) is 2.86. The van der Waals surface area contributed by atoms with E-state index in [9.17, 15) is 0 Å². The van der Waals surface area contributed by atoms with Crippen LogP contribution in [0.2, 0.25) is 0 Å². The van der Waals surface area contributed by atoms with E-state index in [0.29, 0.717) is 12.4 Å². The molecule has 0 aliphatic carbocycles. The quantitative estimate of drug-likeness (QED) is 0.240. The van der Waals surface area contributed by atoms with Gasteiger partial charge in [-0.3, -0.25) is 0 Å². The molecule has 2 rings (SSSR count). The Labute approximate surface area is 93.0 Å². The van der Waals surface area contributed by atoms with Crippen molar-refractivity contribution in [2.75, 3.05) is 11.6 Å². The zero-order valence-electron chi connectivity index (χ0n) is 9.21. The molecule has 1 aliphatic rings. The monoisotopic (exact) mass is 222 g/mol. The fourth-order valence-corrected chi connectivity index (χ4v) is 1.49. The van der Waals surface area contributed by atoms with Crippen LogP contribution in [0, 0.1) is 13.8 Å². The molecule has 1 saturated heterocycles. The Morgan fingerprint density at radius 1 is 1.44 bits per heavy atom. The molecule has 1 aromatic heterocycles. The van der Waals surface area contributed by atoms with Crippen LogP contribution in [-0.2, 0) is 4.74 Å². The number of nitrogens with zero attached hydrogens (tertiary/aromatic N) is 4. The third-order valence-corrected chi connectivity index (χ3v) is 2.61. The molecule has 4 N–H and O–H groups in total. The summed E-state index contributed by atoms with van der Waals surface area (Å²) in [5.74, 6) is 11.2. The highest BCUT2D eigenvalue weighted by atomic mass is 16.6. The van der Waals surface area contributed by atoms with Crippen molar-refractivity contribution in [3.05, 3.63) is 16.8 Å². The molecule has 0 unspecified atom stereocenters. The third-order valence-electron chi connectivity index (χ3n) is 2.61. The normalized spacial score (nSPS) is 19.1. The average Bonchev–Trinajstić information content (AvgIpc) is 3.06. The maximum Gasteiger partial charge on any atom is 0.174 e. The van der Waals surface area contributed by atoms with Crippen molar-refractivity contribution < 1.29 is 4.74 Å². The minimum absolute atomic E-state index is 0.0923. The van der Waals surface area contributed by atoms with E-state index in [0.717, 1.165) is 16.8 Å². The highest BCUT2D eigenvalue weighted by molar-refractivity contribution is 5.76. The predicted octanol–water partition coefficient (Wildman–Crippen LogP) is -0.253. The summed E-state index contributed by atoms with van der Waals surface area (Å²) in [7, 11) is 0. The van der Waals surface area contributed by atoms with Gasteiger partial charge in [0.1, 0.15) is 12.4 Å². The van der Waals surface area contributed by atoms with Gasteiger partial charge in [-0.15, -0.1) is 5.10 Å². The van der Waals surface area contributed by atoms with E-state index < -0.39 is 0 Å². The Hall–Kier alpha value is -1.73. The summed E-state index contributed by atoms with van der Waals surface area (Å²) >= 11 is 0. The number of nitrogens with two attached hydrogens (primary N) is 2. The fraction of sp³-hybridized carbons (Fsp3) is 0.444. The van der Waals surface area contributed by atoms with E-state index in [1.54, 1.807) is 0 Å². The molecule has 1 fully saturated rings. The molecule has 2 heterocycles. The number of anilines is 1. The van der Waals surface area contributed by atoms with Gasteiger partial charge >= 0.3 is 0 Å². The van der Waals surface area contributed by atoms with Crippen LogP contribution in [0.4, 0.5) is 5.82 Å². The number of hydrogen-bond donors (Lipinski definition) is 2. The molecule has 0 amide bonds. The van der Waals surface area contributed by atoms with Gasteiger partial charge in [-0.05, 0) is 19.4 Å². The maximum atomic E-state index is 5.69. The van der Waals surface area contributed by atoms with E-state index >= 15 is 0 Å². The van der Waals surface area contributed by atoms with Crippen molar-refractivity contribution in [1.82, 2.24) is 10.2 Å². The Morgan fingerprint density at radius 3 is 2.69 bits per heavy atom. The van der Waals surface area contributed by atoms with Crippen LogP contribution in [0.25, 0.3) is 0 Å². The Kier molecular flexibility index (Phi) is 2.71. The van der Waals surface area contributed by atoms with Crippen LogP contribution < -0.4 is 16.7 Å². The topological polar surface area (TPSA) is 106 Å². The van der Waals surface area contributed by atoms with E-state index in [1.807, 2.05) is 13.8 Å². The van der Waals surface area contributed by atoms with Crippen LogP contribution in [0.3, 0.4) is 0 Å². The van der Waals surface area contributed by atoms with E-state index in [-0.39, 0.29) is 6.10 Å². The summed E-state index contributed by atoms with van der Waals surface area (Å²) in [6.07, 6.45) is 1.37. The maximum absolute atomic E-state index is 5.69. The summed E-state index contributed by atoms with van der Waals surface area (Å²) < 4.78 is 5.18. The van der Waals surface area contributed by atoms with E-state index in [1.165, 1.54) is 11.3 Å². The third kappa shape index (κ3) is 1.82. The second kappa shape index (κ2) is 4.03. The lowest BCUT2D eigenvalue weighted by molar-refractivity contribution is 0.408. The molecular weight excluding hydrogens is 208 g/mol. The van der Waals surface area contributed by atoms with Crippen LogP contribution in [-0.4, -0.2) is 23.1 Å². The highest BCUT2D eigenvalue weighted by Crippen LogP contribution is 2.32. The van der Waals surface area contributed by atoms with Crippen molar-refractivity contribution in [3.8, 4) is 0 Å². The second-order valence-electron chi connectivity index (χ2n) is 3.65. The molecule has 16 heavy (non-hydrogen) atoms. The lowest BCUT2D eigenvalue weighted by atomic mass is 10.1. The summed E-state index contributed by atoms with van der Waals surface area (Å²) in [6.45, 7) is 4.61. The molecule has 1 atom stereocenters. The van der Waals surface area contributed by atoms with Gasteiger partial charge in [0.25, 0.3) is 0 Å². The molecule has 0 spiro atoms. The highest BCUT2D eigenvalue weighted by Gasteiger charge is 2.30. The standard InChI is InChI=1S/C9H14N6O/c1-5-6(2)9(15(11)4-12-10)14-13-8(5)7-3-16-7/h4,7H,3,10-11H2,1-2H3/b12-4-/t7-/m1/s1. The second-order valence-corrected chi connectivity index (χ2v) is 3.65. The summed E-state index contributed by atoms with van der Waals surface area (Å²) in [5, 5.41) is 12.7. The van der Waals surface area contributed by atoms with Gasteiger partial charge in [-0.1, -0.05) is 0 Å². The first-order valence-corrected chi connectivity index (χ1v) is 4.87. The average molecular weight is 222 g/mol. The van der Waals surface area contributed by atoms with Crippen molar-refractivity contribution in [2.24, 2.45) is 16.8 Å². The molecule has 0 bridgehead atoms. The van der Waals surface area contributed by atoms with Gasteiger partial charge in [0.15, 0.2) is 5.82 Å². The molecule has 0 aromatic carbocycles. The van der Waals surface area contributed by atoms with Gasteiger partial charge in [-0.2, -0.15) is 10.2 Å². The first-order chi connectivity index (χ1) is 7.65. The molecular formula is C9H14N6O. The molecule has 1 aromatic rings. The van der Waals surface area contributed by atoms with E-state index in [2.05, 4.69) is 15.3 Å². The minimum atomic E-state index is 0.0923. The molecule has 1 aliphatic heterocycles. The van der Waals surface area contributed by atoms with Gasteiger partial charge in [-0.25, -0.2) is 10.9 Å². The number of hydrazine groups is 1. The molecule has 86 valence electrons. The smallest absolute Gasteiger partial charge is 0.174 e. The van der Waals surface area contributed by atoms with Crippen molar-refractivity contribution in [2.45, 2.75) is 20.0 Å². The van der Waals surface area contributed by atoms with Crippen molar-refractivity contribution in [1.29, 1.82) is 0 Å². The van der Waals surface area contributed by atoms with Crippen LogP contribution in [0.1, 0.15) is 22.9 Å². The fourth-order valence-electron chi connectivity index (χ4n) is 1.49. The molecule has 0 saturated carbocycles. The van der Waals surface area contributed by atoms with Crippen LogP contribution in [0.5, 0.6) is 0 Å². The number of rotatable bonds is 3. The van der Waals surface area contributed by atoms with Crippen LogP contribution >= 0.6 is 0 Å².